The Hall–Kier alpha value is -1.93. The van der Waals surface area contributed by atoms with Gasteiger partial charge in [-0.05, 0) is 36.2 Å². The average molecular weight is 314 g/mol. The molecule has 0 saturated heterocycles. The van der Waals surface area contributed by atoms with Crippen LogP contribution in [0.3, 0.4) is 0 Å². The zero-order chi connectivity index (χ0) is 16.1. The Bertz CT molecular complexity index is 713. The molecule has 22 heavy (non-hydrogen) atoms. The lowest BCUT2D eigenvalue weighted by Gasteiger charge is -2.33. The highest BCUT2D eigenvalue weighted by molar-refractivity contribution is 7.17. The highest BCUT2D eigenvalue weighted by atomic mass is 32.1. The van der Waals surface area contributed by atoms with Gasteiger partial charge in [0.1, 0.15) is 11.1 Å². The first-order valence-electron chi connectivity index (χ1n) is 7.43. The number of carbonyl (C=O) groups excluding carboxylic acids is 2. The molecular weight excluding hydrogens is 296 g/mol. The lowest BCUT2D eigenvalue weighted by atomic mass is 9.72. The minimum atomic E-state index is -0.354. The van der Waals surface area contributed by atoms with Crippen LogP contribution in [-0.4, -0.2) is 11.8 Å². The molecule has 1 aliphatic carbocycles. The number of anilines is 1. The maximum atomic E-state index is 11.9. The normalized spacial score (nSPS) is 21.2. The Labute approximate surface area is 134 Å². The molecule has 0 unspecified atom stereocenters. The van der Waals surface area contributed by atoms with Gasteiger partial charge in [0.15, 0.2) is 0 Å². The van der Waals surface area contributed by atoms with E-state index in [1.54, 1.807) is 0 Å². The molecule has 1 atom stereocenters. The molecule has 3 rings (SSSR count). The van der Waals surface area contributed by atoms with Crippen LogP contribution in [-0.2, 0) is 22.4 Å². The number of thiophene rings is 1. The van der Waals surface area contributed by atoms with Gasteiger partial charge in [0.2, 0.25) is 0 Å². The van der Waals surface area contributed by atoms with E-state index in [-0.39, 0.29) is 17.2 Å². The molecule has 5 heteroatoms. The first-order valence-corrected chi connectivity index (χ1v) is 8.25. The number of hydrogen-bond acceptors (Lipinski definition) is 4. The lowest BCUT2D eigenvalue weighted by molar-refractivity contribution is -0.119. The van der Waals surface area contributed by atoms with Crippen molar-refractivity contribution < 1.29 is 9.59 Å². The van der Waals surface area contributed by atoms with Crippen LogP contribution in [0.25, 0.3) is 0 Å². The fraction of sp³-hybridized carbons (Fsp3) is 0.471. The minimum absolute atomic E-state index is 0.218. The van der Waals surface area contributed by atoms with Crippen LogP contribution < -0.4 is 4.90 Å². The van der Waals surface area contributed by atoms with Crippen LogP contribution in [0.1, 0.15) is 43.2 Å². The lowest BCUT2D eigenvalue weighted by Crippen LogP contribution is -2.29. The monoisotopic (exact) mass is 314 g/mol. The second-order valence-corrected chi connectivity index (χ2v) is 8.03. The van der Waals surface area contributed by atoms with Gasteiger partial charge < -0.3 is 0 Å². The number of amides is 2. The van der Waals surface area contributed by atoms with Crippen molar-refractivity contribution in [3.63, 3.8) is 0 Å². The molecule has 0 aromatic carbocycles. The molecule has 4 nitrogen and oxygen atoms in total. The molecule has 114 valence electrons. The van der Waals surface area contributed by atoms with Gasteiger partial charge >= 0.3 is 0 Å². The summed E-state index contributed by atoms with van der Waals surface area (Å²) in [6, 6.07) is 2.21. The van der Waals surface area contributed by atoms with E-state index in [1.165, 1.54) is 23.5 Å². The Kier molecular flexibility index (Phi) is 3.45. The predicted octanol–water partition coefficient (Wildman–Crippen LogP) is 3.20. The van der Waals surface area contributed by atoms with E-state index in [9.17, 15) is 14.9 Å². The van der Waals surface area contributed by atoms with E-state index in [0.29, 0.717) is 16.5 Å². The number of rotatable bonds is 1. The first kappa shape index (κ1) is 15.0. The van der Waals surface area contributed by atoms with Gasteiger partial charge in [-0.3, -0.25) is 9.59 Å². The number of nitrogens with zero attached hydrogens (tertiary/aromatic N) is 2. The third kappa shape index (κ3) is 2.28. The van der Waals surface area contributed by atoms with E-state index in [0.717, 1.165) is 34.6 Å². The SMILES string of the molecule is CC(C)(C)[C@H]1CCc2c(sc(N3C(=O)C=CC3=O)c2C#N)C1. The third-order valence-electron chi connectivity index (χ3n) is 4.60. The van der Waals surface area contributed by atoms with E-state index < -0.39 is 0 Å². The molecular formula is C17H18N2O2S. The van der Waals surface area contributed by atoms with Crippen molar-refractivity contribution in [2.45, 2.75) is 40.0 Å². The molecule has 2 aliphatic rings. The molecule has 0 fully saturated rings. The van der Waals surface area contributed by atoms with Crippen LogP contribution in [0.5, 0.6) is 0 Å². The van der Waals surface area contributed by atoms with Gasteiger partial charge in [0.25, 0.3) is 11.8 Å². The van der Waals surface area contributed by atoms with Crippen molar-refractivity contribution in [1.82, 2.24) is 0 Å². The molecule has 1 aromatic heterocycles. The van der Waals surface area contributed by atoms with E-state index in [4.69, 9.17) is 0 Å². The Balaban J connectivity index is 2.02. The summed E-state index contributed by atoms with van der Waals surface area (Å²) in [5, 5.41) is 10.0. The van der Waals surface area contributed by atoms with E-state index in [2.05, 4.69) is 26.8 Å². The quantitative estimate of drug-likeness (QED) is 0.748. The van der Waals surface area contributed by atoms with Crippen LogP contribution in [0.4, 0.5) is 5.00 Å². The molecule has 0 spiro atoms. The van der Waals surface area contributed by atoms with Crippen LogP contribution in [0, 0.1) is 22.7 Å². The van der Waals surface area contributed by atoms with Crippen LogP contribution in [0.2, 0.25) is 0 Å². The summed E-state index contributed by atoms with van der Waals surface area (Å²) in [5.74, 6) is -0.152. The molecule has 2 heterocycles. The zero-order valence-electron chi connectivity index (χ0n) is 13.0. The number of carbonyl (C=O) groups is 2. The van der Waals surface area contributed by atoms with Gasteiger partial charge in [-0.15, -0.1) is 11.3 Å². The summed E-state index contributed by atoms with van der Waals surface area (Å²) in [5.41, 5.74) is 1.77. The van der Waals surface area contributed by atoms with Crippen molar-refractivity contribution in [2.75, 3.05) is 4.90 Å². The number of imide groups is 1. The summed E-state index contributed by atoms with van der Waals surface area (Å²) >= 11 is 1.43. The average Bonchev–Trinajstić information content (AvgIpc) is 2.96. The van der Waals surface area contributed by atoms with Gasteiger partial charge in [-0.1, -0.05) is 20.8 Å². The van der Waals surface area contributed by atoms with Crippen LogP contribution in [0.15, 0.2) is 12.2 Å². The Morgan fingerprint density at radius 3 is 2.45 bits per heavy atom. The number of fused-ring (bicyclic) bond motifs is 1. The standard InChI is InChI=1S/C17H18N2O2S/c1-17(2,3)10-4-5-11-12(9-18)16(22-13(11)8-10)19-14(20)6-7-15(19)21/h6-7,10H,4-5,8H2,1-3H3/t10-/m0/s1. The fourth-order valence-electron chi connectivity index (χ4n) is 3.18. The minimum Gasteiger partial charge on any atom is -0.269 e. The summed E-state index contributed by atoms with van der Waals surface area (Å²) in [6.45, 7) is 6.71. The maximum Gasteiger partial charge on any atom is 0.258 e. The van der Waals surface area contributed by atoms with Gasteiger partial charge in [0.05, 0.1) is 5.56 Å². The second kappa shape index (κ2) is 5.06. The highest BCUT2D eigenvalue weighted by Crippen LogP contribution is 2.45. The summed E-state index contributed by atoms with van der Waals surface area (Å²) in [7, 11) is 0. The van der Waals surface area contributed by atoms with Crippen LogP contribution >= 0.6 is 11.3 Å². The molecule has 1 aliphatic heterocycles. The fourth-order valence-corrected chi connectivity index (χ4v) is 4.57. The molecule has 0 radical (unpaired) electrons. The Morgan fingerprint density at radius 1 is 1.27 bits per heavy atom. The van der Waals surface area contributed by atoms with Gasteiger partial charge in [0, 0.05) is 17.0 Å². The van der Waals surface area contributed by atoms with Crippen molar-refractivity contribution in [2.24, 2.45) is 11.3 Å². The largest absolute Gasteiger partial charge is 0.269 e. The van der Waals surface area contributed by atoms with E-state index in [1.807, 2.05) is 0 Å². The smallest absolute Gasteiger partial charge is 0.258 e. The summed E-state index contributed by atoms with van der Waals surface area (Å²) in [6.07, 6.45) is 5.34. The zero-order valence-corrected chi connectivity index (χ0v) is 13.8. The molecule has 1 aromatic rings. The second-order valence-electron chi connectivity index (χ2n) is 6.95. The number of nitriles is 1. The number of hydrogen-bond donors (Lipinski definition) is 0. The van der Waals surface area contributed by atoms with Crippen molar-refractivity contribution in [3.05, 3.63) is 28.2 Å². The van der Waals surface area contributed by atoms with Crippen molar-refractivity contribution in [1.29, 1.82) is 5.26 Å². The van der Waals surface area contributed by atoms with E-state index >= 15 is 0 Å². The van der Waals surface area contributed by atoms with Gasteiger partial charge in [-0.25, -0.2) is 4.90 Å². The molecule has 0 bridgehead atoms. The van der Waals surface area contributed by atoms with Gasteiger partial charge in [-0.2, -0.15) is 5.26 Å². The molecule has 0 N–H and O–H groups in total. The predicted molar refractivity (Wildman–Crippen MR) is 85.6 cm³/mol. The van der Waals surface area contributed by atoms with Crippen molar-refractivity contribution in [3.8, 4) is 6.07 Å². The summed E-state index contributed by atoms with van der Waals surface area (Å²) in [4.78, 5) is 26.1. The van der Waals surface area contributed by atoms with Crippen molar-refractivity contribution >= 4 is 28.2 Å². The molecule has 2 amide bonds. The first-order chi connectivity index (χ1) is 10.3. The molecule has 0 saturated carbocycles. The summed E-state index contributed by atoms with van der Waals surface area (Å²) < 4.78 is 0. The third-order valence-corrected chi connectivity index (χ3v) is 5.84. The Morgan fingerprint density at radius 2 is 1.91 bits per heavy atom. The maximum absolute atomic E-state index is 11.9. The topological polar surface area (TPSA) is 61.2 Å². The highest BCUT2D eigenvalue weighted by Gasteiger charge is 2.36.